The minimum Gasteiger partial charge on any atom is -0.351 e. The molecule has 1 aromatic carbocycles. The zero-order chi connectivity index (χ0) is 14.6. The quantitative estimate of drug-likeness (QED) is 0.902. The van der Waals surface area contributed by atoms with Crippen LogP contribution >= 0.6 is 0 Å². The zero-order valence-electron chi connectivity index (χ0n) is 11.6. The van der Waals surface area contributed by atoms with Gasteiger partial charge in [-0.3, -0.25) is 4.79 Å². The summed E-state index contributed by atoms with van der Waals surface area (Å²) in [7, 11) is -3.24. The van der Waals surface area contributed by atoms with Gasteiger partial charge in [0.05, 0.1) is 12.3 Å². The molecular weight excluding hydrogens is 276 g/mol. The van der Waals surface area contributed by atoms with Crippen molar-refractivity contribution in [2.45, 2.75) is 26.3 Å². The lowest BCUT2D eigenvalue weighted by molar-refractivity contribution is -0.121. The third kappa shape index (κ3) is 3.80. The first-order valence-electron chi connectivity index (χ1n) is 6.78. The highest BCUT2D eigenvalue weighted by Gasteiger charge is 2.27. The second-order valence-corrected chi connectivity index (χ2v) is 7.15. The summed E-state index contributed by atoms with van der Waals surface area (Å²) < 4.78 is 24.9. The van der Waals surface area contributed by atoms with Gasteiger partial charge in [0, 0.05) is 13.1 Å². The molecule has 0 saturated carbocycles. The zero-order valence-corrected chi connectivity index (χ0v) is 12.4. The predicted molar refractivity (Wildman–Crippen MR) is 77.6 cm³/mol. The van der Waals surface area contributed by atoms with Crippen LogP contribution in [0.25, 0.3) is 0 Å². The molecule has 1 aliphatic rings. The van der Waals surface area contributed by atoms with Crippen molar-refractivity contribution in [3.63, 3.8) is 0 Å². The Morgan fingerprint density at radius 3 is 2.75 bits per heavy atom. The maximum atomic E-state index is 11.9. The first-order valence-corrected chi connectivity index (χ1v) is 8.39. The summed E-state index contributed by atoms with van der Waals surface area (Å²) in [5.74, 6) is -0.100. The Kier molecular flexibility index (Phi) is 4.77. The molecule has 0 spiro atoms. The Morgan fingerprint density at radius 1 is 1.30 bits per heavy atom. The van der Waals surface area contributed by atoms with E-state index < -0.39 is 10.0 Å². The van der Waals surface area contributed by atoms with Crippen LogP contribution in [0.2, 0.25) is 0 Å². The maximum Gasteiger partial charge on any atom is 0.235 e. The Labute approximate surface area is 120 Å². The highest BCUT2D eigenvalue weighted by Crippen LogP contribution is 2.13. The number of nitrogens with one attached hydrogen (secondary N) is 1. The van der Waals surface area contributed by atoms with Crippen molar-refractivity contribution in [3.05, 3.63) is 35.4 Å². The summed E-state index contributed by atoms with van der Waals surface area (Å²) in [6, 6.07) is 7.80. The van der Waals surface area contributed by atoms with Gasteiger partial charge in [0.25, 0.3) is 0 Å². The van der Waals surface area contributed by atoms with E-state index in [9.17, 15) is 13.2 Å². The van der Waals surface area contributed by atoms with Crippen molar-refractivity contribution >= 4 is 15.9 Å². The number of carbonyl (C=O) groups is 1. The number of benzene rings is 1. The smallest absolute Gasteiger partial charge is 0.235 e. The van der Waals surface area contributed by atoms with Crippen LogP contribution in [0, 0.1) is 6.92 Å². The average molecular weight is 296 g/mol. The fourth-order valence-electron chi connectivity index (χ4n) is 2.24. The SMILES string of the molecule is Cc1ccccc1CNC(=O)CN1CCCCS1(=O)=O. The van der Waals surface area contributed by atoms with Gasteiger partial charge in [-0.25, -0.2) is 8.42 Å². The molecule has 1 aromatic rings. The number of carbonyl (C=O) groups excluding carboxylic acids is 1. The van der Waals surface area contributed by atoms with Crippen LogP contribution in [0.3, 0.4) is 0 Å². The molecule has 0 aliphatic carbocycles. The molecule has 1 saturated heterocycles. The van der Waals surface area contributed by atoms with Crippen LogP contribution in [0.1, 0.15) is 24.0 Å². The normalized spacial score (nSPS) is 18.6. The van der Waals surface area contributed by atoms with E-state index in [1.54, 1.807) is 0 Å². The Hall–Kier alpha value is -1.40. The number of aryl methyl sites for hydroxylation is 1. The third-order valence-corrected chi connectivity index (χ3v) is 5.41. The summed E-state index contributed by atoms with van der Waals surface area (Å²) in [5, 5.41) is 2.78. The van der Waals surface area contributed by atoms with Crippen molar-refractivity contribution in [3.8, 4) is 0 Å². The summed E-state index contributed by atoms with van der Waals surface area (Å²) in [4.78, 5) is 11.9. The number of hydrogen-bond acceptors (Lipinski definition) is 3. The van der Waals surface area contributed by atoms with Crippen LogP contribution in [-0.4, -0.2) is 37.5 Å². The molecule has 0 bridgehead atoms. The van der Waals surface area contributed by atoms with Crippen molar-refractivity contribution in [1.82, 2.24) is 9.62 Å². The number of rotatable bonds is 4. The van der Waals surface area contributed by atoms with E-state index in [0.717, 1.165) is 17.5 Å². The minimum atomic E-state index is -3.24. The Balaban J connectivity index is 1.88. The number of hydrogen-bond donors (Lipinski definition) is 1. The van der Waals surface area contributed by atoms with Crippen molar-refractivity contribution in [2.75, 3.05) is 18.8 Å². The monoisotopic (exact) mass is 296 g/mol. The van der Waals surface area contributed by atoms with E-state index in [1.807, 2.05) is 31.2 Å². The highest BCUT2D eigenvalue weighted by atomic mass is 32.2. The maximum absolute atomic E-state index is 11.9. The fourth-order valence-corrected chi connectivity index (χ4v) is 3.78. The summed E-state index contributed by atoms with van der Waals surface area (Å²) >= 11 is 0. The van der Waals surface area contributed by atoms with E-state index in [4.69, 9.17) is 0 Å². The van der Waals surface area contributed by atoms with Crippen LogP contribution < -0.4 is 5.32 Å². The van der Waals surface area contributed by atoms with E-state index in [1.165, 1.54) is 4.31 Å². The van der Waals surface area contributed by atoms with Crippen LogP contribution in [0.4, 0.5) is 0 Å². The number of nitrogens with zero attached hydrogens (tertiary/aromatic N) is 1. The second kappa shape index (κ2) is 6.37. The minimum absolute atomic E-state index is 0.0752. The lowest BCUT2D eigenvalue weighted by Gasteiger charge is -2.25. The molecule has 0 aromatic heterocycles. The molecule has 0 atom stereocenters. The van der Waals surface area contributed by atoms with Gasteiger partial charge in [0.15, 0.2) is 0 Å². The van der Waals surface area contributed by atoms with Crippen molar-refractivity contribution in [1.29, 1.82) is 0 Å². The average Bonchev–Trinajstić information content (AvgIpc) is 2.40. The van der Waals surface area contributed by atoms with Gasteiger partial charge in [-0.15, -0.1) is 0 Å². The Bertz CT molecular complexity index is 584. The van der Waals surface area contributed by atoms with Crippen LogP contribution in [0.5, 0.6) is 0 Å². The van der Waals surface area contributed by atoms with Crippen LogP contribution in [0.15, 0.2) is 24.3 Å². The molecular formula is C14H20N2O3S. The molecule has 1 heterocycles. The molecule has 2 rings (SSSR count). The fraction of sp³-hybridized carbons (Fsp3) is 0.500. The van der Waals surface area contributed by atoms with E-state index >= 15 is 0 Å². The van der Waals surface area contributed by atoms with Gasteiger partial charge in [-0.05, 0) is 30.9 Å². The molecule has 5 nitrogen and oxygen atoms in total. The molecule has 0 unspecified atom stereocenters. The summed E-state index contributed by atoms with van der Waals surface area (Å²) in [6.45, 7) is 2.78. The molecule has 110 valence electrons. The Morgan fingerprint density at radius 2 is 2.05 bits per heavy atom. The van der Waals surface area contributed by atoms with Gasteiger partial charge < -0.3 is 5.32 Å². The van der Waals surface area contributed by atoms with Gasteiger partial charge in [-0.2, -0.15) is 4.31 Å². The van der Waals surface area contributed by atoms with Gasteiger partial charge in [0.2, 0.25) is 15.9 Å². The topological polar surface area (TPSA) is 66.5 Å². The lowest BCUT2D eigenvalue weighted by atomic mass is 10.1. The second-order valence-electron chi connectivity index (χ2n) is 5.06. The number of amides is 1. The van der Waals surface area contributed by atoms with Crippen LogP contribution in [-0.2, 0) is 21.4 Å². The molecule has 1 fully saturated rings. The largest absolute Gasteiger partial charge is 0.351 e. The van der Waals surface area contributed by atoms with E-state index in [2.05, 4.69) is 5.32 Å². The standard InChI is InChI=1S/C14H20N2O3S/c1-12-6-2-3-7-13(12)10-15-14(17)11-16-8-4-5-9-20(16,18)19/h2-3,6-7H,4-5,8-11H2,1H3,(H,15,17). The molecule has 6 heteroatoms. The molecule has 1 amide bonds. The third-order valence-electron chi connectivity index (χ3n) is 3.51. The van der Waals surface area contributed by atoms with Crippen molar-refractivity contribution in [2.24, 2.45) is 0 Å². The predicted octanol–water partition coefficient (Wildman–Crippen LogP) is 1.04. The first-order chi connectivity index (χ1) is 9.49. The first kappa shape index (κ1) is 15.0. The molecule has 1 aliphatic heterocycles. The summed E-state index contributed by atoms with van der Waals surface area (Å²) in [5.41, 5.74) is 2.15. The van der Waals surface area contributed by atoms with Gasteiger partial charge >= 0.3 is 0 Å². The van der Waals surface area contributed by atoms with Crippen molar-refractivity contribution < 1.29 is 13.2 Å². The van der Waals surface area contributed by atoms with E-state index in [-0.39, 0.29) is 18.2 Å². The lowest BCUT2D eigenvalue weighted by Crippen LogP contribution is -2.44. The van der Waals surface area contributed by atoms with E-state index in [0.29, 0.717) is 19.5 Å². The van der Waals surface area contributed by atoms with Gasteiger partial charge in [-0.1, -0.05) is 24.3 Å². The molecule has 1 N–H and O–H groups in total. The highest BCUT2D eigenvalue weighted by molar-refractivity contribution is 7.89. The summed E-state index contributed by atoms with van der Waals surface area (Å²) in [6.07, 6.45) is 1.51. The molecule has 20 heavy (non-hydrogen) atoms. The van der Waals surface area contributed by atoms with Gasteiger partial charge in [0.1, 0.15) is 0 Å². The molecule has 0 radical (unpaired) electrons. The number of sulfonamides is 1.